The number of hydrogen-bond acceptors (Lipinski definition) is 4. The van der Waals surface area contributed by atoms with Gasteiger partial charge in [-0.2, -0.15) is 0 Å². The summed E-state index contributed by atoms with van der Waals surface area (Å²) in [6.45, 7) is 6.43. The van der Waals surface area contributed by atoms with Gasteiger partial charge in [0.1, 0.15) is 5.75 Å². The van der Waals surface area contributed by atoms with Gasteiger partial charge in [-0.25, -0.2) is 0 Å². The second kappa shape index (κ2) is 11.7. The predicted molar refractivity (Wildman–Crippen MR) is 128 cm³/mol. The molecule has 2 amide bonds. The molecular weight excluding hydrogens is 466 g/mol. The maximum atomic E-state index is 12.5. The predicted octanol–water partition coefficient (Wildman–Crippen LogP) is 5.41. The number of carbonyl (C=O) groups is 2. The minimum Gasteiger partial charge on any atom is -0.492 e. The molecule has 0 aromatic heterocycles. The highest BCUT2D eigenvalue weighted by Gasteiger charge is 2.12. The Labute approximate surface area is 190 Å². The van der Waals surface area contributed by atoms with Crippen molar-refractivity contribution in [3.05, 3.63) is 52.0 Å². The Bertz CT molecular complexity index is 934. The van der Waals surface area contributed by atoms with Crippen LogP contribution >= 0.6 is 28.1 Å². The van der Waals surface area contributed by atoms with Crippen molar-refractivity contribution in [1.29, 1.82) is 0 Å². The zero-order chi connectivity index (χ0) is 22.1. The van der Waals surface area contributed by atoms with Crippen LogP contribution in [0, 0.1) is 6.92 Å². The maximum Gasteiger partial charge on any atom is 0.257 e. The number of amides is 2. The minimum absolute atomic E-state index is 0.0705. The lowest BCUT2D eigenvalue weighted by molar-refractivity contribution is -0.115. The lowest BCUT2D eigenvalue weighted by Gasteiger charge is -2.13. The first-order valence-electron chi connectivity index (χ1n) is 9.79. The first-order valence-corrected chi connectivity index (χ1v) is 11.0. The summed E-state index contributed by atoms with van der Waals surface area (Å²) >= 11 is 8.70. The lowest BCUT2D eigenvalue weighted by Crippen LogP contribution is -2.34. The van der Waals surface area contributed by atoms with E-state index in [0.717, 1.165) is 18.4 Å². The highest BCUT2D eigenvalue weighted by Crippen LogP contribution is 2.26. The van der Waals surface area contributed by atoms with Crippen LogP contribution < -0.4 is 20.7 Å². The molecule has 0 fully saturated rings. The van der Waals surface area contributed by atoms with Gasteiger partial charge in [-0.15, -0.1) is 0 Å². The van der Waals surface area contributed by atoms with E-state index in [1.165, 1.54) is 0 Å². The number of halogens is 1. The number of thiocarbonyl (C=S) groups is 1. The Morgan fingerprint density at radius 2 is 1.87 bits per heavy atom. The summed E-state index contributed by atoms with van der Waals surface area (Å²) in [5.74, 6) is 0.292. The highest BCUT2D eigenvalue weighted by molar-refractivity contribution is 9.10. The molecule has 0 heterocycles. The fourth-order valence-electron chi connectivity index (χ4n) is 2.50. The summed E-state index contributed by atoms with van der Waals surface area (Å²) < 4.78 is 6.39. The van der Waals surface area contributed by atoms with E-state index in [2.05, 4.69) is 38.8 Å². The Hall–Kier alpha value is -2.45. The molecule has 160 valence electrons. The van der Waals surface area contributed by atoms with Crippen molar-refractivity contribution in [2.45, 2.75) is 40.0 Å². The number of rotatable bonds is 8. The summed E-state index contributed by atoms with van der Waals surface area (Å²) in [5, 5.41) is 8.64. The van der Waals surface area contributed by atoms with Gasteiger partial charge in [-0.05, 0) is 77.4 Å². The topological polar surface area (TPSA) is 79.5 Å². The van der Waals surface area contributed by atoms with Gasteiger partial charge in [0.25, 0.3) is 5.91 Å². The summed E-state index contributed by atoms with van der Waals surface area (Å²) in [5.41, 5.74) is 2.75. The SMILES string of the molecule is CCCCOc1ccc(C(=O)NC(=S)Nc2ccc(C)c(NC(=O)CC)c2)cc1Br. The smallest absolute Gasteiger partial charge is 0.257 e. The van der Waals surface area contributed by atoms with E-state index < -0.39 is 0 Å². The van der Waals surface area contributed by atoms with Crippen LogP contribution in [-0.2, 0) is 4.79 Å². The van der Waals surface area contributed by atoms with Crippen LogP contribution in [0.5, 0.6) is 5.75 Å². The second-order valence-corrected chi connectivity index (χ2v) is 7.95. The monoisotopic (exact) mass is 491 g/mol. The molecule has 0 unspecified atom stereocenters. The third-order valence-electron chi connectivity index (χ3n) is 4.27. The average molecular weight is 492 g/mol. The third-order valence-corrected chi connectivity index (χ3v) is 5.09. The Kier molecular flexibility index (Phi) is 9.26. The summed E-state index contributed by atoms with van der Waals surface area (Å²) in [6, 6.07) is 10.6. The van der Waals surface area contributed by atoms with Crippen LogP contribution in [0.25, 0.3) is 0 Å². The van der Waals surface area contributed by atoms with Crippen LogP contribution in [0.15, 0.2) is 40.9 Å². The molecule has 2 aromatic rings. The van der Waals surface area contributed by atoms with E-state index in [1.807, 2.05) is 19.1 Å². The minimum atomic E-state index is -0.333. The zero-order valence-corrected chi connectivity index (χ0v) is 19.7. The van der Waals surface area contributed by atoms with Crippen molar-refractivity contribution in [1.82, 2.24) is 5.32 Å². The van der Waals surface area contributed by atoms with Gasteiger partial charge in [-0.1, -0.05) is 26.3 Å². The first kappa shape index (κ1) is 23.8. The lowest BCUT2D eigenvalue weighted by atomic mass is 10.1. The summed E-state index contributed by atoms with van der Waals surface area (Å²) in [6.07, 6.45) is 2.41. The molecule has 30 heavy (non-hydrogen) atoms. The molecule has 0 radical (unpaired) electrons. The van der Waals surface area contributed by atoms with Crippen molar-refractivity contribution in [2.24, 2.45) is 0 Å². The molecule has 6 nitrogen and oxygen atoms in total. The molecule has 0 atom stereocenters. The van der Waals surface area contributed by atoms with Crippen molar-refractivity contribution < 1.29 is 14.3 Å². The first-order chi connectivity index (χ1) is 14.3. The molecule has 3 N–H and O–H groups in total. The molecule has 0 saturated carbocycles. The number of unbranched alkanes of at least 4 members (excludes halogenated alkanes) is 1. The van der Waals surface area contributed by atoms with Crippen LogP contribution in [0.2, 0.25) is 0 Å². The largest absolute Gasteiger partial charge is 0.492 e. The maximum absolute atomic E-state index is 12.5. The fraction of sp³-hybridized carbons (Fsp3) is 0.318. The molecule has 2 aromatic carbocycles. The molecule has 2 rings (SSSR count). The van der Waals surface area contributed by atoms with E-state index >= 15 is 0 Å². The summed E-state index contributed by atoms with van der Waals surface area (Å²) in [4.78, 5) is 24.2. The van der Waals surface area contributed by atoms with Gasteiger partial charge in [-0.3, -0.25) is 14.9 Å². The standard InChI is InChI=1S/C22H26BrN3O3S/c1-4-6-11-29-19-10-8-15(12-17(19)23)21(28)26-22(30)24-16-9-7-14(3)18(13-16)25-20(27)5-2/h7-10,12-13H,4-6,11H2,1-3H3,(H,25,27)(H2,24,26,28,30). The molecule has 8 heteroatoms. The summed E-state index contributed by atoms with van der Waals surface area (Å²) in [7, 11) is 0. The van der Waals surface area contributed by atoms with Gasteiger partial charge in [0.05, 0.1) is 11.1 Å². The van der Waals surface area contributed by atoms with Crippen molar-refractivity contribution in [3.8, 4) is 5.75 Å². The van der Waals surface area contributed by atoms with Gasteiger partial charge in [0.15, 0.2) is 5.11 Å². The quantitative estimate of drug-likeness (QED) is 0.339. The molecule has 0 spiro atoms. The van der Waals surface area contributed by atoms with Crippen LogP contribution in [-0.4, -0.2) is 23.5 Å². The second-order valence-electron chi connectivity index (χ2n) is 6.69. The number of benzene rings is 2. The number of nitrogens with one attached hydrogen (secondary N) is 3. The number of aryl methyl sites for hydroxylation is 1. The highest BCUT2D eigenvalue weighted by atomic mass is 79.9. The fourth-order valence-corrected chi connectivity index (χ4v) is 3.20. The average Bonchev–Trinajstić information content (AvgIpc) is 2.71. The molecule has 0 saturated heterocycles. The van der Waals surface area contributed by atoms with Crippen molar-refractivity contribution in [3.63, 3.8) is 0 Å². The van der Waals surface area contributed by atoms with Crippen LogP contribution in [0.4, 0.5) is 11.4 Å². The molecule has 0 aliphatic heterocycles. The van der Waals surface area contributed by atoms with Gasteiger partial charge in [0.2, 0.25) is 5.91 Å². The Morgan fingerprint density at radius 3 is 2.53 bits per heavy atom. The van der Waals surface area contributed by atoms with E-state index in [4.69, 9.17) is 17.0 Å². The Morgan fingerprint density at radius 1 is 1.10 bits per heavy atom. The van der Waals surface area contributed by atoms with Crippen LogP contribution in [0.1, 0.15) is 49.0 Å². The normalized spacial score (nSPS) is 10.3. The van der Waals surface area contributed by atoms with E-state index in [-0.39, 0.29) is 16.9 Å². The van der Waals surface area contributed by atoms with E-state index in [0.29, 0.717) is 40.2 Å². The van der Waals surface area contributed by atoms with Gasteiger partial charge < -0.3 is 15.4 Å². The van der Waals surface area contributed by atoms with Crippen molar-refractivity contribution in [2.75, 3.05) is 17.2 Å². The van der Waals surface area contributed by atoms with Gasteiger partial charge >= 0.3 is 0 Å². The van der Waals surface area contributed by atoms with Crippen molar-refractivity contribution >= 4 is 56.4 Å². The molecule has 0 aliphatic carbocycles. The van der Waals surface area contributed by atoms with Gasteiger partial charge in [0, 0.05) is 23.4 Å². The van der Waals surface area contributed by atoms with E-state index in [1.54, 1.807) is 31.2 Å². The number of carbonyl (C=O) groups excluding carboxylic acids is 2. The number of hydrogen-bond donors (Lipinski definition) is 3. The van der Waals surface area contributed by atoms with E-state index in [9.17, 15) is 9.59 Å². The molecule has 0 aliphatic rings. The number of anilines is 2. The molecule has 0 bridgehead atoms. The zero-order valence-electron chi connectivity index (χ0n) is 17.3. The third kappa shape index (κ3) is 7.11. The number of ether oxygens (including phenoxy) is 1. The molecular formula is C22H26BrN3O3S. The Balaban J connectivity index is 1.99. The van der Waals surface area contributed by atoms with Crippen LogP contribution in [0.3, 0.4) is 0 Å².